The Bertz CT molecular complexity index is 240. The third-order valence-corrected chi connectivity index (χ3v) is 4.45. The fourth-order valence-electron chi connectivity index (χ4n) is 0.488. The van der Waals surface area contributed by atoms with E-state index in [1.807, 2.05) is 55.4 Å². The Morgan fingerprint density at radius 1 is 0.562 bits per heavy atom. The Kier molecular flexibility index (Phi) is 4.50. The highest BCUT2D eigenvalue weighted by Gasteiger charge is 2.39. The molecule has 0 aromatic carbocycles. The fraction of sp³-hybridized carbons (Fsp3) is 1.00. The second-order valence-corrected chi connectivity index (χ2v) is 8.08. The van der Waals surface area contributed by atoms with Gasteiger partial charge in [-0.25, -0.2) is 0 Å². The van der Waals surface area contributed by atoms with Gasteiger partial charge in [-0.3, -0.25) is 0 Å². The molecule has 0 aliphatic heterocycles. The van der Waals surface area contributed by atoms with Crippen LogP contribution in [0, 0.1) is 10.8 Å². The van der Waals surface area contributed by atoms with Gasteiger partial charge in [-0.1, -0.05) is 64.7 Å². The van der Waals surface area contributed by atoms with E-state index < -0.39 is 10.00 Å². The maximum absolute atomic E-state index is 6.35. The van der Waals surface area contributed by atoms with Crippen LogP contribution in [0.15, 0.2) is 10.2 Å². The van der Waals surface area contributed by atoms with Crippen LogP contribution in [0.3, 0.4) is 0 Å². The van der Waals surface area contributed by atoms with Gasteiger partial charge in [-0.2, -0.15) is 10.2 Å². The molecule has 0 aromatic rings. The molecule has 0 saturated heterocycles. The lowest BCUT2D eigenvalue weighted by Gasteiger charge is -2.35. The summed E-state index contributed by atoms with van der Waals surface area (Å²) in [6.45, 7) is 15.9. The minimum atomic E-state index is -0.742. The van der Waals surface area contributed by atoms with E-state index in [2.05, 4.69) is 10.2 Å². The molecular formula is C12H24Cl2N2. The number of alkyl halides is 2. The third kappa shape index (κ3) is 3.89. The molecule has 2 atom stereocenters. The first-order valence-electron chi connectivity index (χ1n) is 5.53. The SMILES string of the molecule is CC(C)(C)C(C)(Cl)/N=N/C(C)(Cl)C(C)(C)C. The van der Waals surface area contributed by atoms with Crippen molar-refractivity contribution in [2.75, 3.05) is 0 Å². The van der Waals surface area contributed by atoms with Gasteiger partial charge in [0.05, 0.1) is 0 Å². The van der Waals surface area contributed by atoms with E-state index in [1.54, 1.807) is 0 Å². The quantitative estimate of drug-likeness (QED) is 0.361. The second-order valence-electron chi connectivity index (χ2n) is 6.61. The minimum absolute atomic E-state index is 0.164. The molecule has 96 valence electrons. The van der Waals surface area contributed by atoms with Crippen molar-refractivity contribution in [1.82, 2.24) is 0 Å². The Balaban J connectivity index is 5.01. The average Bonchev–Trinajstić information content (AvgIpc) is 1.97. The van der Waals surface area contributed by atoms with Crippen LogP contribution in [-0.4, -0.2) is 10.00 Å². The number of hydrogen-bond acceptors (Lipinski definition) is 2. The molecule has 2 unspecified atom stereocenters. The van der Waals surface area contributed by atoms with Gasteiger partial charge in [0.25, 0.3) is 0 Å². The van der Waals surface area contributed by atoms with Crippen molar-refractivity contribution in [2.45, 2.75) is 65.4 Å². The van der Waals surface area contributed by atoms with Crippen LogP contribution in [0.5, 0.6) is 0 Å². The lowest BCUT2D eigenvalue weighted by Crippen LogP contribution is -2.35. The zero-order valence-corrected chi connectivity index (χ0v) is 13.2. The Labute approximate surface area is 110 Å². The van der Waals surface area contributed by atoms with Crippen LogP contribution < -0.4 is 0 Å². The van der Waals surface area contributed by atoms with Crippen LogP contribution in [0.1, 0.15) is 55.4 Å². The molecule has 0 aliphatic rings. The van der Waals surface area contributed by atoms with Crippen LogP contribution >= 0.6 is 23.2 Å². The van der Waals surface area contributed by atoms with E-state index in [-0.39, 0.29) is 10.8 Å². The van der Waals surface area contributed by atoms with Crippen molar-refractivity contribution in [2.24, 2.45) is 21.1 Å². The van der Waals surface area contributed by atoms with Crippen molar-refractivity contribution in [3.63, 3.8) is 0 Å². The maximum atomic E-state index is 6.35. The number of azo groups is 1. The molecule has 0 amide bonds. The Morgan fingerprint density at radius 2 is 0.750 bits per heavy atom. The first-order valence-corrected chi connectivity index (χ1v) is 6.28. The van der Waals surface area contributed by atoms with Gasteiger partial charge in [0.1, 0.15) is 0 Å². The maximum Gasteiger partial charge on any atom is 0.156 e. The summed E-state index contributed by atoms with van der Waals surface area (Å²) in [6.07, 6.45) is 0. The van der Waals surface area contributed by atoms with Gasteiger partial charge in [-0.15, -0.1) is 0 Å². The van der Waals surface area contributed by atoms with E-state index in [1.165, 1.54) is 0 Å². The summed E-state index contributed by atoms with van der Waals surface area (Å²) >= 11 is 12.7. The molecular weight excluding hydrogens is 243 g/mol. The van der Waals surface area contributed by atoms with Crippen LogP contribution in [-0.2, 0) is 0 Å². The van der Waals surface area contributed by atoms with Crippen LogP contribution in [0.25, 0.3) is 0 Å². The van der Waals surface area contributed by atoms with Gasteiger partial charge in [-0.05, 0) is 13.8 Å². The first-order chi connectivity index (χ1) is 6.71. The predicted molar refractivity (Wildman–Crippen MR) is 72.3 cm³/mol. The van der Waals surface area contributed by atoms with Gasteiger partial charge in [0, 0.05) is 10.8 Å². The molecule has 0 heterocycles. The summed E-state index contributed by atoms with van der Waals surface area (Å²) in [5.74, 6) is 0. The molecule has 0 aliphatic carbocycles. The topological polar surface area (TPSA) is 24.7 Å². The van der Waals surface area contributed by atoms with E-state index in [4.69, 9.17) is 23.2 Å². The summed E-state index contributed by atoms with van der Waals surface area (Å²) in [5.41, 5.74) is -0.328. The van der Waals surface area contributed by atoms with E-state index in [9.17, 15) is 0 Å². The molecule has 16 heavy (non-hydrogen) atoms. The second kappa shape index (κ2) is 4.45. The fourth-order valence-corrected chi connectivity index (χ4v) is 0.563. The molecule has 0 saturated carbocycles. The predicted octanol–water partition coefficient (Wildman–Crippen LogP) is 5.44. The molecule has 0 rings (SSSR count). The van der Waals surface area contributed by atoms with E-state index in [0.717, 1.165) is 0 Å². The van der Waals surface area contributed by atoms with E-state index >= 15 is 0 Å². The molecule has 0 spiro atoms. The number of nitrogens with zero attached hydrogens (tertiary/aromatic N) is 2. The van der Waals surface area contributed by atoms with Crippen molar-refractivity contribution in [3.8, 4) is 0 Å². The lowest BCUT2D eigenvalue weighted by molar-refractivity contribution is 0.252. The number of halogens is 2. The van der Waals surface area contributed by atoms with E-state index in [0.29, 0.717) is 0 Å². The van der Waals surface area contributed by atoms with Crippen molar-refractivity contribution in [3.05, 3.63) is 0 Å². The van der Waals surface area contributed by atoms with Gasteiger partial charge >= 0.3 is 0 Å². The highest BCUT2D eigenvalue weighted by atomic mass is 35.5. The van der Waals surface area contributed by atoms with Gasteiger partial charge in [0.15, 0.2) is 10.00 Å². The zero-order chi connectivity index (χ0) is 13.4. The zero-order valence-electron chi connectivity index (χ0n) is 11.7. The highest BCUT2D eigenvalue weighted by molar-refractivity contribution is 6.24. The van der Waals surface area contributed by atoms with Crippen molar-refractivity contribution >= 4 is 23.2 Å². The Hall–Kier alpha value is 0.180. The summed E-state index contributed by atoms with van der Waals surface area (Å²) in [4.78, 5) is -1.48. The molecule has 0 bridgehead atoms. The first kappa shape index (κ1) is 16.2. The molecule has 0 fully saturated rings. The Morgan fingerprint density at radius 3 is 0.875 bits per heavy atom. The standard InChI is InChI=1S/C12H24Cl2N2/c1-9(2,3)11(7,13)15-16-12(8,14)10(4,5)6/h1-8H3/b16-15+. The molecule has 0 aromatic heterocycles. The summed E-state index contributed by atoms with van der Waals surface area (Å²) in [5, 5.41) is 8.45. The summed E-state index contributed by atoms with van der Waals surface area (Å²) < 4.78 is 0. The molecule has 2 nitrogen and oxygen atoms in total. The average molecular weight is 267 g/mol. The smallest absolute Gasteiger partial charge is 0.156 e. The summed E-state index contributed by atoms with van der Waals surface area (Å²) in [7, 11) is 0. The normalized spacial score (nSPS) is 21.9. The summed E-state index contributed by atoms with van der Waals surface area (Å²) in [6, 6.07) is 0. The number of hydrogen-bond donors (Lipinski definition) is 0. The third-order valence-electron chi connectivity index (χ3n) is 3.16. The van der Waals surface area contributed by atoms with Crippen molar-refractivity contribution < 1.29 is 0 Å². The highest BCUT2D eigenvalue weighted by Crippen LogP contribution is 2.42. The van der Waals surface area contributed by atoms with Crippen molar-refractivity contribution in [1.29, 1.82) is 0 Å². The molecule has 0 N–H and O–H groups in total. The van der Waals surface area contributed by atoms with Crippen LogP contribution in [0.4, 0.5) is 0 Å². The monoisotopic (exact) mass is 266 g/mol. The number of rotatable bonds is 2. The van der Waals surface area contributed by atoms with Gasteiger partial charge in [0.2, 0.25) is 0 Å². The molecule has 0 radical (unpaired) electrons. The largest absolute Gasteiger partial charge is 0.169 e. The minimum Gasteiger partial charge on any atom is -0.169 e. The lowest BCUT2D eigenvalue weighted by atomic mass is 9.87. The van der Waals surface area contributed by atoms with Gasteiger partial charge < -0.3 is 0 Å². The van der Waals surface area contributed by atoms with Crippen LogP contribution in [0.2, 0.25) is 0 Å². The molecule has 4 heteroatoms.